The van der Waals surface area contributed by atoms with Crippen molar-refractivity contribution < 1.29 is 0 Å². The van der Waals surface area contributed by atoms with Gasteiger partial charge in [-0.25, -0.2) is 39.9 Å². The van der Waals surface area contributed by atoms with Crippen molar-refractivity contribution >= 4 is 90.5 Å². The van der Waals surface area contributed by atoms with Crippen LogP contribution >= 0.6 is 79.4 Å². The standard InChI is InChI=1S/C17H19NS.C16H20N2.3C14H17NS.C12H14N2S.C12H15NS2.C12H18/c1-11-13-8-6-5-7-12(13)9-14(11)15-10-19-16(18-15)17(2,3)4;1-16(2,3)14-11-12-17-15(18-14)10-9-13-7-5-4-6-8-13;2*1-10-5-7-11(8-6-10)12-9-16-13(15-12)14(2,3)4;1-10-6-5-7-11(8-10)12-9-16-13(15-12)14(2,3)4;1-12(2,3)11-14-10(8-15-11)9-5-4-6-13-7-9;1-12(2,3)7-9-8-15-11(13-9)10-5-4-6-14-10;1-10-5-7-11(8-6-10)9-12(2,3)4/h5-8,10H,9H2,1-4H3;4-8,11-12H,9-10H2,1-3H3;3*5-9H,1-4H3;4-8H,1-3H3;4-6,8H,7H2,1-3H3;5-8H,9H2,1-4H3. The van der Waals surface area contributed by atoms with Crippen molar-refractivity contribution in [3.05, 3.63) is 331 Å². The first-order valence-electron chi connectivity index (χ1n) is 44.1. The van der Waals surface area contributed by atoms with Crippen LogP contribution in [0.5, 0.6) is 0 Å². The molecule has 0 aliphatic heterocycles. The second kappa shape index (κ2) is 44.9. The normalized spacial score (nSPS) is 12.2. The van der Waals surface area contributed by atoms with Crippen LogP contribution in [0.3, 0.4) is 0 Å². The minimum Gasteiger partial charge on any atom is -0.264 e. The number of aromatic nitrogens is 9. The Morgan fingerprint density at radius 3 is 1.20 bits per heavy atom. The Kier molecular flexibility index (Phi) is 35.9. The molecular weight excluding hydrogens is 1680 g/mol. The lowest BCUT2D eigenvalue weighted by Gasteiger charge is -2.17. The molecular formula is C111H137N9S7. The Hall–Kier alpha value is -9.23. The first kappa shape index (κ1) is 102. The Labute approximate surface area is 790 Å². The van der Waals surface area contributed by atoms with Gasteiger partial charge in [0, 0.05) is 124 Å². The predicted octanol–water partition coefficient (Wildman–Crippen LogP) is 33.3. The van der Waals surface area contributed by atoms with E-state index in [4.69, 9.17) is 19.9 Å². The third-order valence-electron chi connectivity index (χ3n) is 20.0. The van der Waals surface area contributed by atoms with Gasteiger partial charge in [0.05, 0.1) is 64.1 Å². The molecule has 0 saturated heterocycles. The van der Waals surface area contributed by atoms with Crippen molar-refractivity contribution in [1.29, 1.82) is 0 Å². The van der Waals surface area contributed by atoms with Crippen LogP contribution in [-0.4, -0.2) is 44.9 Å². The summed E-state index contributed by atoms with van der Waals surface area (Å²) in [5.41, 5.74) is 27.6. The van der Waals surface area contributed by atoms with Crippen LogP contribution in [0.2, 0.25) is 0 Å². The fraction of sp³-hybridized carbons (Fsp3) is 0.378. The molecule has 9 aromatic heterocycles. The molecule has 0 unspecified atom stereocenters. The zero-order chi connectivity index (χ0) is 92.9. The molecule has 9 heterocycles. The van der Waals surface area contributed by atoms with Crippen molar-refractivity contribution in [1.82, 2.24) is 44.9 Å². The topological polar surface area (TPSA) is 116 Å². The SMILES string of the molecule is CC(C)(C)Cc1csc(-c2cccs2)n1.CC(C)(C)c1ccnc(CCc2ccccc2)n1.CC(C)(C)c1nc(-c2cccnc2)cs1.CC1=C(c2csc(C(C)(C)C)n2)Cc2ccccc21.Cc1ccc(-c2csc(C(C)(C)C)n2)cc1.Cc1ccc(-c2csc(C(C)(C)C)n2)cc1.Cc1ccc(CC(C)(C)C)cc1.Cc1cccc(-c2csc(C(C)(C)C)n2)c1. The number of benzene rings is 6. The minimum atomic E-state index is 0.0877. The van der Waals surface area contributed by atoms with E-state index in [1.54, 1.807) is 85.6 Å². The van der Waals surface area contributed by atoms with E-state index >= 15 is 0 Å². The molecule has 16 heteroatoms. The van der Waals surface area contributed by atoms with Crippen molar-refractivity contribution in [2.24, 2.45) is 10.8 Å². The Bertz CT molecular complexity index is 5760. The third kappa shape index (κ3) is 33.0. The maximum Gasteiger partial charge on any atom is 0.133 e. The second-order valence-electron chi connectivity index (χ2n) is 41.4. The van der Waals surface area contributed by atoms with Gasteiger partial charge in [0.15, 0.2) is 0 Å². The molecule has 0 saturated carbocycles. The molecule has 16 rings (SSSR count). The average molecular weight is 1820 g/mol. The van der Waals surface area contributed by atoms with Crippen LogP contribution in [0.25, 0.3) is 66.1 Å². The zero-order valence-corrected chi connectivity index (χ0v) is 86.7. The lowest BCUT2D eigenvalue weighted by Crippen LogP contribution is -2.15. The van der Waals surface area contributed by atoms with Gasteiger partial charge in [-0.3, -0.25) is 4.98 Å². The summed E-state index contributed by atoms with van der Waals surface area (Å²) in [6.45, 7) is 63.7. The summed E-state index contributed by atoms with van der Waals surface area (Å²) in [4.78, 5) is 42.6. The van der Waals surface area contributed by atoms with Gasteiger partial charge in [-0.05, 0) is 134 Å². The summed E-state index contributed by atoms with van der Waals surface area (Å²) >= 11 is 12.2. The molecule has 0 amide bonds. The number of thiazole rings is 6. The molecule has 668 valence electrons. The van der Waals surface area contributed by atoms with Crippen molar-refractivity contribution in [2.75, 3.05) is 0 Å². The van der Waals surface area contributed by atoms with Crippen molar-refractivity contribution in [3.63, 3.8) is 0 Å². The number of allylic oxidation sites excluding steroid dienone is 2. The minimum absolute atomic E-state index is 0.0877. The fourth-order valence-electron chi connectivity index (χ4n) is 12.9. The highest BCUT2D eigenvalue weighted by molar-refractivity contribution is 7.20. The number of hydrogen-bond donors (Lipinski definition) is 0. The molecule has 0 fully saturated rings. The van der Waals surface area contributed by atoms with Gasteiger partial charge in [0.25, 0.3) is 0 Å². The first-order valence-corrected chi connectivity index (χ1v) is 50.3. The summed E-state index contributed by atoms with van der Waals surface area (Å²) in [5, 5.41) is 22.2. The molecule has 127 heavy (non-hydrogen) atoms. The van der Waals surface area contributed by atoms with E-state index in [1.807, 2.05) is 36.7 Å². The predicted molar refractivity (Wildman–Crippen MR) is 558 cm³/mol. The Balaban J connectivity index is 0.000000164. The highest BCUT2D eigenvalue weighted by Gasteiger charge is 2.27. The third-order valence-corrected chi connectivity index (χ3v) is 28.3. The van der Waals surface area contributed by atoms with E-state index < -0.39 is 0 Å². The summed E-state index contributed by atoms with van der Waals surface area (Å²) < 4.78 is 0. The maximum absolute atomic E-state index is 4.86. The van der Waals surface area contributed by atoms with Crippen molar-refractivity contribution in [3.8, 4) is 54.9 Å². The largest absolute Gasteiger partial charge is 0.264 e. The lowest BCUT2D eigenvalue weighted by molar-refractivity contribution is 0.407. The van der Waals surface area contributed by atoms with E-state index in [9.17, 15) is 0 Å². The van der Waals surface area contributed by atoms with Gasteiger partial charge in [-0.15, -0.1) is 79.4 Å². The van der Waals surface area contributed by atoms with Crippen LogP contribution < -0.4 is 0 Å². The monoisotopic (exact) mass is 1820 g/mol. The first-order chi connectivity index (χ1) is 59.5. The van der Waals surface area contributed by atoms with Gasteiger partial charge in [0.1, 0.15) is 10.8 Å². The van der Waals surface area contributed by atoms with Crippen LogP contribution in [-0.2, 0) is 64.6 Å². The quantitative estimate of drug-likeness (QED) is 0.125. The van der Waals surface area contributed by atoms with Crippen molar-refractivity contribution in [2.45, 2.75) is 265 Å². The maximum atomic E-state index is 4.86. The van der Waals surface area contributed by atoms with Gasteiger partial charge in [-0.2, -0.15) is 0 Å². The summed E-state index contributed by atoms with van der Waals surface area (Å²) in [7, 11) is 0. The zero-order valence-electron chi connectivity index (χ0n) is 81.0. The summed E-state index contributed by atoms with van der Waals surface area (Å²) in [6, 6.07) is 63.7. The summed E-state index contributed by atoms with van der Waals surface area (Å²) in [5.74, 6) is 0.936. The number of rotatable bonds is 11. The molecule has 0 radical (unpaired) electrons. The molecule has 6 aromatic carbocycles. The van der Waals surface area contributed by atoms with Gasteiger partial charge in [-0.1, -0.05) is 340 Å². The number of pyridine rings is 1. The van der Waals surface area contributed by atoms with Crippen LogP contribution in [0.15, 0.2) is 238 Å². The number of fused-ring (bicyclic) bond motifs is 1. The highest BCUT2D eigenvalue weighted by atomic mass is 32.1. The summed E-state index contributed by atoms with van der Waals surface area (Å²) in [6.07, 6.45) is 10.6. The van der Waals surface area contributed by atoms with Crippen LogP contribution in [0.1, 0.15) is 266 Å². The number of nitrogens with zero attached hydrogens (tertiary/aromatic N) is 9. The highest BCUT2D eigenvalue weighted by Crippen LogP contribution is 2.41. The molecule has 0 atom stereocenters. The van der Waals surface area contributed by atoms with Gasteiger partial charge in [0.2, 0.25) is 0 Å². The van der Waals surface area contributed by atoms with E-state index in [2.05, 4.69) is 421 Å². The number of aryl methyl sites for hydroxylation is 6. The number of thiophene rings is 1. The molecule has 15 aromatic rings. The smallest absolute Gasteiger partial charge is 0.133 e. The van der Waals surface area contributed by atoms with Crippen LogP contribution in [0.4, 0.5) is 0 Å². The van der Waals surface area contributed by atoms with E-state index in [1.165, 1.54) is 114 Å². The van der Waals surface area contributed by atoms with E-state index in [0.29, 0.717) is 10.8 Å². The lowest BCUT2D eigenvalue weighted by atomic mass is 9.88. The molecule has 0 bridgehead atoms. The number of hydrogen-bond acceptors (Lipinski definition) is 16. The fourth-order valence-corrected chi connectivity index (χ4v) is 19.2. The van der Waals surface area contributed by atoms with Gasteiger partial charge < -0.3 is 0 Å². The average Bonchev–Trinajstić information content (AvgIpc) is 1.63. The molecule has 9 nitrogen and oxygen atoms in total. The van der Waals surface area contributed by atoms with E-state index in [-0.39, 0.29) is 32.5 Å². The Morgan fingerprint density at radius 2 is 0.764 bits per heavy atom. The van der Waals surface area contributed by atoms with Gasteiger partial charge >= 0.3 is 0 Å². The van der Waals surface area contributed by atoms with Crippen LogP contribution in [0, 0.1) is 38.5 Å². The molecule has 0 N–H and O–H groups in total. The molecule has 1 aliphatic carbocycles. The second-order valence-corrected chi connectivity index (χ2v) is 47.5. The van der Waals surface area contributed by atoms with E-state index in [0.717, 1.165) is 77.0 Å². The molecule has 1 aliphatic rings. The Morgan fingerprint density at radius 1 is 0.315 bits per heavy atom. The molecule has 0 spiro atoms.